The van der Waals surface area contributed by atoms with Crippen LogP contribution in [0, 0.1) is 5.92 Å². The molecule has 6 heteroatoms. The molecule has 1 aromatic carbocycles. The number of benzene rings is 1. The van der Waals surface area contributed by atoms with Crippen molar-refractivity contribution in [1.29, 1.82) is 0 Å². The summed E-state index contributed by atoms with van der Waals surface area (Å²) in [5.74, 6) is 1.90. The molecule has 27 heavy (non-hydrogen) atoms. The molecule has 0 spiro atoms. The molecule has 2 bridgehead atoms. The average molecular weight is 373 g/mol. The Kier molecular flexibility index (Phi) is 5.95. The highest BCUT2D eigenvalue weighted by Crippen LogP contribution is 2.29. The Morgan fingerprint density at radius 2 is 1.89 bits per heavy atom. The molecule has 4 heterocycles. The van der Waals surface area contributed by atoms with E-state index in [2.05, 4.69) is 27.2 Å². The van der Waals surface area contributed by atoms with Crippen LogP contribution in [0.5, 0.6) is 5.75 Å². The molecular formula is C21H32N4O2. The molecule has 1 amide bonds. The van der Waals surface area contributed by atoms with E-state index in [-0.39, 0.29) is 0 Å². The van der Waals surface area contributed by atoms with Crippen molar-refractivity contribution in [2.45, 2.75) is 25.4 Å². The summed E-state index contributed by atoms with van der Waals surface area (Å²) in [4.78, 5) is 19.8. The minimum Gasteiger partial charge on any atom is -0.497 e. The van der Waals surface area contributed by atoms with E-state index in [0.29, 0.717) is 24.4 Å². The van der Waals surface area contributed by atoms with E-state index >= 15 is 0 Å². The SMILES string of the molecule is COc1ccc(CN2C[C@H]3CC[C@@H](C2)N(CC(=O)N2CCNCC2)C3)cc1. The number of carbonyl (C=O) groups is 1. The topological polar surface area (TPSA) is 48.1 Å². The fourth-order valence-electron chi connectivity index (χ4n) is 4.78. The van der Waals surface area contributed by atoms with Gasteiger partial charge in [0, 0.05) is 58.4 Å². The summed E-state index contributed by atoms with van der Waals surface area (Å²) in [6.07, 6.45) is 2.51. The third kappa shape index (κ3) is 4.62. The van der Waals surface area contributed by atoms with E-state index in [1.807, 2.05) is 17.0 Å². The number of rotatable bonds is 5. The number of ether oxygens (including phenoxy) is 1. The summed E-state index contributed by atoms with van der Waals surface area (Å²) in [6, 6.07) is 8.92. The maximum atomic E-state index is 12.7. The first-order valence-electron chi connectivity index (χ1n) is 10.3. The number of nitrogens with zero attached hydrogens (tertiary/aromatic N) is 3. The lowest BCUT2D eigenvalue weighted by Gasteiger charge is -2.37. The first-order chi connectivity index (χ1) is 13.2. The summed E-state index contributed by atoms with van der Waals surface area (Å²) in [7, 11) is 1.71. The zero-order valence-electron chi connectivity index (χ0n) is 16.4. The molecule has 2 atom stereocenters. The minimum absolute atomic E-state index is 0.311. The van der Waals surface area contributed by atoms with Gasteiger partial charge in [-0.05, 0) is 36.5 Å². The summed E-state index contributed by atoms with van der Waals surface area (Å²) >= 11 is 0. The molecule has 4 saturated heterocycles. The smallest absolute Gasteiger partial charge is 0.236 e. The van der Waals surface area contributed by atoms with Crippen LogP contribution in [0.3, 0.4) is 0 Å². The lowest BCUT2D eigenvalue weighted by Crippen LogP contribution is -2.53. The maximum Gasteiger partial charge on any atom is 0.236 e. The number of carbonyl (C=O) groups excluding carboxylic acids is 1. The van der Waals surface area contributed by atoms with Crippen LogP contribution in [0.2, 0.25) is 0 Å². The van der Waals surface area contributed by atoms with E-state index in [4.69, 9.17) is 4.74 Å². The van der Waals surface area contributed by atoms with Gasteiger partial charge in [-0.15, -0.1) is 0 Å². The van der Waals surface area contributed by atoms with Gasteiger partial charge >= 0.3 is 0 Å². The molecule has 6 nitrogen and oxygen atoms in total. The van der Waals surface area contributed by atoms with Crippen LogP contribution in [0.25, 0.3) is 0 Å². The number of hydrogen-bond donors (Lipinski definition) is 1. The molecule has 0 saturated carbocycles. The maximum absolute atomic E-state index is 12.7. The van der Waals surface area contributed by atoms with Gasteiger partial charge in [0.2, 0.25) is 5.91 Å². The van der Waals surface area contributed by atoms with Crippen molar-refractivity contribution >= 4 is 5.91 Å². The molecular weight excluding hydrogens is 340 g/mol. The number of nitrogens with one attached hydrogen (secondary N) is 1. The zero-order valence-corrected chi connectivity index (χ0v) is 16.4. The second-order valence-electron chi connectivity index (χ2n) is 8.20. The number of piperazine rings is 1. The van der Waals surface area contributed by atoms with Crippen molar-refractivity contribution < 1.29 is 9.53 Å². The Morgan fingerprint density at radius 3 is 2.63 bits per heavy atom. The first kappa shape index (κ1) is 18.7. The average Bonchev–Trinajstić information content (AvgIpc) is 3.00. The number of amides is 1. The van der Waals surface area contributed by atoms with Crippen LogP contribution >= 0.6 is 0 Å². The summed E-state index contributed by atoms with van der Waals surface area (Å²) < 4.78 is 5.26. The summed E-state index contributed by atoms with van der Waals surface area (Å²) in [5.41, 5.74) is 1.33. The quantitative estimate of drug-likeness (QED) is 0.836. The highest BCUT2D eigenvalue weighted by atomic mass is 16.5. The number of hydrogen-bond acceptors (Lipinski definition) is 5. The van der Waals surface area contributed by atoms with Crippen molar-refractivity contribution in [3.8, 4) is 5.75 Å². The molecule has 0 unspecified atom stereocenters. The van der Waals surface area contributed by atoms with Crippen LogP contribution in [0.4, 0.5) is 0 Å². The second-order valence-corrected chi connectivity index (χ2v) is 8.20. The van der Waals surface area contributed by atoms with Crippen LogP contribution in [0.15, 0.2) is 24.3 Å². The third-order valence-electron chi connectivity index (χ3n) is 6.28. The van der Waals surface area contributed by atoms with Gasteiger partial charge in [0.25, 0.3) is 0 Å². The van der Waals surface area contributed by atoms with Crippen LogP contribution in [-0.2, 0) is 11.3 Å². The van der Waals surface area contributed by atoms with Crippen molar-refractivity contribution in [2.75, 3.05) is 59.5 Å². The Bertz CT molecular complexity index is 630. The van der Waals surface area contributed by atoms with Crippen LogP contribution < -0.4 is 10.1 Å². The second kappa shape index (κ2) is 8.59. The molecule has 0 radical (unpaired) electrons. The lowest BCUT2D eigenvalue weighted by atomic mass is 9.95. The fourth-order valence-corrected chi connectivity index (χ4v) is 4.78. The van der Waals surface area contributed by atoms with Gasteiger partial charge in [-0.3, -0.25) is 14.6 Å². The van der Waals surface area contributed by atoms with E-state index in [0.717, 1.165) is 58.1 Å². The predicted molar refractivity (Wildman–Crippen MR) is 106 cm³/mol. The zero-order chi connectivity index (χ0) is 18.6. The van der Waals surface area contributed by atoms with Crippen molar-refractivity contribution in [3.63, 3.8) is 0 Å². The Balaban J connectivity index is 1.35. The standard InChI is InChI=1S/C21H32N4O2/c1-27-20-6-3-17(4-7-20)12-23-13-18-2-5-19(15-23)25(14-18)16-21(26)24-10-8-22-9-11-24/h3-4,6-7,18-19,22H,2,5,8-16H2,1H3/t18-,19+/m1/s1. The molecule has 1 N–H and O–H groups in total. The van der Waals surface area contributed by atoms with E-state index in [9.17, 15) is 4.79 Å². The highest BCUT2D eigenvalue weighted by Gasteiger charge is 2.36. The van der Waals surface area contributed by atoms with Crippen molar-refractivity contribution in [3.05, 3.63) is 29.8 Å². The molecule has 4 aliphatic heterocycles. The van der Waals surface area contributed by atoms with Gasteiger partial charge in [-0.1, -0.05) is 12.1 Å². The molecule has 148 valence electrons. The lowest BCUT2D eigenvalue weighted by molar-refractivity contribution is -0.134. The number of piperidine rings is 1. The Labute approximate surface area is 162 Å². The fraction of sp³-hybridized carbons (Fsp3) is 0.667. The molecule has 5 rings (SSSR count). The molecule has 4 aliphatic rings. The van der Waals surface area contributed by atoms with Crippen LogP contribution in [0.1, 0.15) is 18.4 Å². The van der Waals surface area contributed by atoms with Crippen molar-refractivity contribution in [1.82, 2.24) is 20.0 Å². The van der Waals surface area contributed by atoms with Gasteiger partial charge < -0.3 is 15.0 Å². The van der Waals surface area contributed by atoms with E-state index in [1.165, 1.54) is 18.4 Å². The molecule has 0 aliphatic carbocycles. The predicted octanol–water partition coefficient (Wildman–Crippen LogP) is 1.02. The van der Waals surface area contributed by atoms with Crippen molar-refractivity contribution in [2.24, 2.45) is 5.92 Å². The van der Waals surface area contributed by atoms with E-state index in [1.54, 1.807) is 7.11 Å². The number of methoxy groups -OCH3 is 1. The molecule has 0 aromatic heterocycles. The van der Waals surface area contributed by atoms with Gasteiger partial charge in [-0.2, -0.15) is 0 Å². The first-order valence-corrected chi connectivity index (χ1v) is 10.3. The normalized spacial score (nSPS) is 26.8. The molecule has 1 aromatic rings. The highest BCUT2D eigenvalue weighted by molar-refractivity contribution is 5.78. The van der Waals surface area contributed by atoms with Gasteiger partial charge in [-0.25, -0.2) is 0 Å². The third-order valence-corrected chi connectivity index (χ3v) is 6.28. The largest absolute Gasteiger partial charge is 0.497 e. The van der Waals surface area contributed by atoms with Crippen LogP contribution in [-0.4, -0.2) is 86.1 Å². The van der Waals surface area contributed by atoms with E-state index < -0.39 is 0 Å². The Hall–Kier alpha value is -1.63. The van der Waals surface area contributed by atoms with Gasteiger partial charge in [0.15, 0.2) is 0 Å². The van der Waals surface area contributed by atoms with Gasteiger partial charge in [0.05, 0.1) is 13.7 Å². The summed E-state index contributed by atoms with van der Waals surface area (Å²) in [6.45, 7) is 8.41. The Morgan fingerprint density at radius 1 is 1.11 bits per heavy atom. The van der Waals surface area contributed by atoms with Gasteiger partial charge in [0.1, 0.15) is 5.75 Å². The monoisotopic (exact) mass is 372 g/mol. The summed E-state index contributed by atoms with van der Waals surface area (Å²) in [5, 5.41) is 3.32. The molecule has 4 fully saturated rings. The minimum atomic E-state index is 0.311. The number of fused-ring (bicyclic) bond motifs is 4.